The van der Waals surface area contributed by atoms with Gasteiger partial charge in [0.25, 0.3) is 0 Å². The van der Waals surface area contributed by atoms with Crippen molar-refractivity contribution in [1.82, 2.24) is 0 Å². The highest BCUT2D eigenvalue weighted by Crippen LogP contribution is 2.21. The van der Waals surface area contributed by atoms with Crippen LogP contribution < -0.4 is 0 Å². The van der Waals surface area contributed by atoms with Crippen molar-refractivity contribution in [3.8, 4) is 0 Å². The Balaban J connectivity index is 4.63. The number of hydrogen-bond donors (Lipinski definition) is 0. The maximum atomic E-state index is 10.2. The van der Waals surface area contributed by atoms with E-state index in [1.807, 2.05) is 0 Å². The van der Waals surface area contributed by atoms with Crippen LogP contribution in [0.2, 0.25) is 0 Å². The molecule has 6 heteroatoms. The second-order valence-corrected chi connectivity index (χ2v) is 3.31. The summed E-state index contributed by atoms with van der Waals surface area (Å²) < 4.78 is 0. The second-order valence-electron chi connectivity index (χ2n) is 3.31. The molecule has 64 valence electrons. The van der Waals surface area contributed by atoms with Gasteiger partial charge in [0.2, 0.25) is 0 Å². The topological polar surface area (TPSA) is 86.3 Å². The summed E-state index contributed by atoms with van der Waals surface area (Å²) in [6.45, 7) is 4.38. The minimum atomic E-state index is -1.72. The molecule has 0 atom stereocenters. The largest absolute Gasteiger partial charge is 0.455 e. The van der Waals surface area contributed by atoms with Gasteiger partial charge in [0.15, 0.2) is 0 Å². The number of nitrogens with zero attached hydrogens (tertiary/aromatic N) is 2. The van der Waals surface area contributed by atoms with Crippen molar-refractivity contribution in [2.24, 2.45) is 5.41 Å². The molecule has 0 N–H and O–H groups in total. The van der Waals surface area contributed by atoms with Crippen molar-refractivity contribution in [2.75, 3.05) is 0 Å². The molecule has 0 unspecified atom stereocenters. The minimum Gasteiger partial charge on any atom is -0.259 e. The van der Waals surface area contributed by atoms with Gasteiger partial charge in [-0.2, -0.15) is 0 Å². The van der Waals surface area contributed by atoms with Crippen LogP contribution in [-0.4, -0.2) is 16.0 Å². The highest BCUT2D eigenvalue weighted by atomic mass is 16.7. The minimum absolute atomic E-state index is 0.875. The Labute approximate surface area is 63.5 Å². The highest BCUT2D eigenvalue weighted by Gasteiger charge is 2.45. The normalized spacial score (nSPS) is 11.6. The van der Waals surface area contributed by atoms with Crippen LogP contribution in [0.5, 0.6) is 0 Å². The molecule has 0 radical (unpaired) electrons. The molecule has 0 saturated carbocycles. The van der Waals surface area contributed by atoms with Crippen LogP contribution in [0.3, 0.4) is 0 Å². The Kier molecular flexibility index (Phi) is 2.50. The molecule has 0 heterocycles. The molecule has 0 rings (SSSR count). The lowest BCUT2D eigenvalue weighted by molar-refractivity contribution is -0.758. The summed E-state index contributed by atoms with van der Waals surface area (Å²) in [7, 11) is 0. The third kappa shape index (κ3) is 2.48. The maximum Gasteiger partial charge on any atom is 0.455 e. The predicted octanol–water partition coefficient (Wildman–Crippen LogP) is 0.912. The fraction of sp³-hybridized carbons (Fsp3) is 1.00. The van der Waals surface area contributed by atoms with Crippen LogP contribution in [0.25, 0.3) is 0 Å². The molecular formula is C5H10N2O4. The summed E-state index contributed by atoms with van der Waals surface area (Å²) in [6, 6.07) is 0. The average molecular weight is 162 g/mol. The van der Waals surface area contributed by atoms with E-state index < -0.39 is 21.4 Å². The maximum absolute atomic E-state index is 10.2. The molecule has 0 spiro atoms. The SMILES string of the molecule is CC(C)(C)C([N+](=O)[O-])[N+](=O)[O-]. The zero-order valence-electron chi connectivity index (χ0n) is 6.60. The van der Waals surface area contributed by atoms with Crippen LogP contribution in [0, 0.1) is 25.6 Å². The van der Waals surface area contributed by atoms with Gasteiger partial charge in [-0.3, -0.25) is 20.2 Å². The van der Waals surface area contributed by atoms with Gasteiger partial charge in [0.05, 0.1) is 9.85 Å². The van der Waals surface area contributed by atoms with E-state index in [9.17, 15) is 20.2 Å². The van der Waals surface area contributed by atoms with Crippen molar-refractivity contribution >= 4 is 0 Å². The second kappa shape index (κ2) is 2.81. The molecule has 0 aromatic heterocycles. The first-order valence-electron chi connectivity index (χ1n) is 3.04. The molecule has 0 aliphatic carbocycles. The Morgan fingerprint density at radius 2 is 1.36 bits per heavy atom. The van der Waals surface area contributed by atoms with E-state index in [1.54, 1.807) is 0 Å². The Morgan fingerprint density at radius 3 is 1.36 bits per heavy atom. The van der Waals surface area contributed by atoms with E-state index >= 15 is 0 Å². The first-order chi connectivity index (χ1) is 4.76. The Morgan fingerprint density at radius 1 is 1.09 bits per heavy atom. The molecule has 0 fully saturated rings. The highest BCUT2D eigenvalue weighted by molar-refractivity contribution is 4.63. The van der Waals surface area contributed by atoms with Crippen LogP contribution in [0.15, 0.2) is 0 Å². The van der Waals surface area contributed by atoms with E-state index in [1.165, 1.54) is 20.8 Å². The van der Waals surface area contributed by atoms with Gasteiger partial charge in [-0.05, 0) is 20.8 Å². The van der Waals surface area contributed by atoms with Crippen molar-refractivity contribution in [3.63, 3.8) is 0 Å². The lowest BCUT2D eigenvalue weighted by atomic mass is 9.93. The zero-order chi connectivity index (χ0) is 9.23. The van der Waals surface area contributed by atoms with Crippen LogP contribution in [0.1, 0.15) is 20.8 Å². The van der Waals surface area contributed by atoms with Gasteiger partial charge in [-0.1, -0.05) is 0 Å². The molecule has 0 aromatic rings. The summed E-state index contributed by atoms with van der Waals surface area (Å²) in [6.07, 6.45) is -1.72. The van der Waals surface area contributed by atoms with Crippen LogP contribution >= 0.6 is 0 Å². The molecular weight excluding hydrogens is 152 g/mol. The van der Waals surface area contributed by atoms with Crippen LogP contribution in [0.4, 0.5) is 0 Å². The van der Waals surface area contributed by atoms with Gasteiger partial charge in [0, 0.05) is 0 Å². The van der Waals surface area contributed by atoms with E-state index in [-0.39, 0.29) is 0 Å². The third-order valence-corrected chi connectivity index (χ3v) is 1.17. The quantitative estimate of drug-likeness (QED) is 0.343. The van der Waals surface area contributed by atoms with Crippen molar-refractivity contribution < 1.29 is 9.85 Å². The monoisotopic (exact) mass is 162 g/mol. The summed E-state index contributed by atoms with van der Waals surface area (Å²) in [5.74, 6) is 0. The van der Waals surface area contributed by atoms with Gasteiger partial charge >= 0.3 is 6.17 Å². The molecule has 0 saturated heterocycles. The predicted molar refractivity (Wildman–Crippen MR) is 37.2 cm³/mol. The zero-order valence-corrected chi connectivity index (χ0v) is 6.60. The van der Waals surface area contributed by atoms with E-state index in [4.69, 9.17) is 0 Å². The van der Waals surface area contributed by atoms with Gasteiger partial charge in [-0.15, -0.1) is 0 Å². The Bertz CT molecular complexity index is 169. The van der Waals surface area contributed by atoms with Gasteiger partial charge in [-0.25, -0.2) is 0 Å². The molecule has 6 nitrogen and oxygen atoms in total. The molecule has 0 aromatic carbocycles. The summed E-state index contributed by atoms with van der Waals surface area (Å²) >= 11 is 0. The number of nitro groups is 2. The average Bonchev–Trinajstić information content (AvgIpc) is 1.54. The van der Waals surface area contributed by atoms with E-state index in [0.29, 0.717) is 0 Å². The fourth-order valence-corrected chi connectivity index (χ4v) is 0.709. The van der Waals surface area contributed by atoms with Crippen molar-refractivity contribution in [3.05, 3.63) is 20.2 Å². The fourth-order valence-electron chi connectivity index (χ4n) is 0.709. The van der Waals surface area contributed by atoms with Crippen LogP contribution in [-0.2, 0) is 0 Å². The van der Waals surface area contributed by atoms with E-state index in [0.717, 1.165) is 0 Å². The van der Waals surface area contributed by atoms with Crippen molar-refractivity contribution in [1.29, 1.82) is 0 Å². The molecule has 0 bridgehead atoms. The molecule has 0 aliphatic rings. The lowest BCUT2D eigenvalue weighted by Gasteiger charge is -2.15. The van der Waals surface area contributed by atoms with Crippen molar-refractivity contribution in [2.45, 2.75) is 26.9 Å². The number of hydrogen-bond acceptors (Lipinski definition) is 4. The smallest absolute Gasteiger partial charge is 0.259 e. The molecule has 0 aliphatic heterocycles. The first kappa shape index (κ1) is 9.80. The van der Waals surface area contributed by atoms with Gasteiger partial charge < -0.3 is 0 Å². The lowest BCUT2D eigenvalue weighted by Crippen LogP contribution is -2.40. The summed E-state index contributed by atoms with van der Waals surface area (Å²) in [5.41, 5.74) is -0.938. The molecule has 11 heavy (non-hydrogen) atoms. The Hall–Kier alpha value is -1.20. The summed E-state index contributed by atoms with van der Waals surface area (Å²) in [5, 5.41) is 20.3. The summed E-state index contributed by atoms with van der Waals surface area (Å²) in [4.78, 5) is 18.6. The third-order valence-electron chi connectivity index (χ3n) is 1.17. The standard InChI is InChI=1S/C5H10N2O4/c1-5(2,3)4(6(8)9)7(10)11/h4H,1-3H3. The number of rotatable bonds is 2. The molecule has 0 amide bonds. The van der Waals surface area contributed by atoms with Gasteiger partial charge in [0.1, 0.15) is 5.41 Å². The van der Waals surface area contributed by atoms with E-state index in [2.05, 4.69) is 0 Å². The first-order valence-corrected chi connectivity index (χ1v) is 3.04.